The molecule has 0 aliphatic carbocycles. The van der Waals surface area contributed by atoms with Crippen molar-refractivity contribution in [3.8, 4) is 10.6 Å². The van der Waals surface area contributed by atoms with Crippen molar-refractivity contribution >= 4 is 50.6 Å². The van der Waals surface area contributed by atoms with Gasteiger partial charge >= 0.3 is 0 Å². The van der Waals surface area contributed by atoms with Crippen LogP contribution in [0.4, 0.5) is 11.4 Å². The van der Waals surface area contributed by atoms with Gasteiger partial charge < -0.3 is 9.64 Å². The van der Waals surface area contributed by atoms with E-state index in [-0.39, 0.29) is 30.3 Å². The summed E-state index contributed by atoms with van der Waals surface area (Å²) in [6, 6.07) is 17.4. The van der Waals surface area contributed by atoms with E-state index in [2.05, 4.69) is 6.07 Å². The topological polar surface area (TPSA) is 123 Å². The molecule has 2 aliphatic rings. The van der Waals surface area contributed by atoms with E-state index in [1.54, 1.807) is 23.5 Å². The van der Waals surface area contributed by atoms with Gasteiger partial charge in [0, 0.05) is 36.4 Å². The van der Waals surface area contributed by atoms with Crippen LogP contribution in [0, 0.1) is 17.0 Å². The number of fused-ring (bicyclic) bond motifs is 1. The van der Waals surface area contributed by atoms with E-state index in [0.717, 1.165) is 44.1 Å². The predicted molar refractivity (Wildman–Crippen MR) is 154 cm³/mol. The molecule has 0 spiro atoms. The number of non-ortho nitro benzene ring substituents is 1. The van der Waals surface area contributed by atoms with Crippen LogP contribution in [0.25, 0.3) is 20.8 Å². The maximum absolute atomic E-state index is 13.7. The third-order valence-electron chi connectivity index (χ3n) is 7.43. The summed E-state index contributed by atoms with van der Waals surface area (Å²) < 4.78 is 6.82. The van der Waals surface area contributed by atoms with Gasteiger partial charge in [0.15, 0.2) is 0 Å². The normalized spacial score (nSPS) is 18.8. The molecule has 2 saturated heterocycles. The number of hydrogen-bond acceptors (Lipinski definition) is 8. The summed E-state index contributed by atoms with van der Waals surface area (Å²) in [5, 5.41) is 11.9. The van der Waals surface area contributed by atoms with Crippen LogP contribution in [-0.4, -0.2) is 57.8 Å². The summed E-state index contributed by atoms with van der Waals surface area (Å²) in [4.78, 5) is 58.2. The molecule has 0 N–H and O–H groups in total. The molecule has 2 aliphatic heterocycles. The molecule has 0 bridgehead atoms. The fraction of sp³-hybridized carbons (Fsp3) is 0.267. The van der Waals surface area contributed by atoms with Gasteiger partial charge in [0.05, 0.1) is 33.4 Å². The van der Waals surface area contributed by atoms with Gasteiger partial charge in [-0.3, -0.25) is 24.5 Å². The Labute approximate surface area is 239 Å². The number of amides is 3. The molecule has 10 nitrogen and oxygen atoms in total. The molecule has 208 valence electrons. The van der Waals surface area contributed by atoms with Gasteiger partial charge in [-0.2, -0.15) is 0 Å². The second-order valence-corrected chi connectivity index (χ2v) is 11.3. The monoisotopic (exact) mass is 570 g/mol. The van der Waals surface area contributed by atoms with E-state index < -0.39 is 28.7 Å². The van der Waals surface area contributed by atoms with Crippen molar-refractivity contribution in [2.75, 3.05) is 18.1 Å². The zero-order valence-corrected chi connectivity index (χ0v) is 23.0. The van der Waals surface area contributed by atoms with Gasteiger partial charge in [-0.25, -0.2) is 9.88 Å². The lowest BCUT2D eigenvalue weighted by molar-refractivity contribution is -0.384. The van der Waals surface area contributed by atoms with E-state index in [0.29, 0.717) is 12.3 Å². The number of aryl methyl sites for hydroxylation is 1. The lowest BCUT2D eigenvalue weighted by atomic mass is 10.1. The van der Waals surface area contributed by atoms with E-state index in [9.17, 15) is 24.5 Å². The summed E-state index contributed by atoms with van der Waals surface area (Å²) >= 11 is 1.57. The Balaban J connectivity index is 1.25. The third-order valence-corrected chi connectivity index (χ3v) is 8.49. The largest absolute Gasteiger partial charge is 0.376 e. The minimum absolute atomic E-state index is 0.142. The van der Waals surface area contributed by atoms with Gasteiger partial charge in [0.25, 0.3) is 17.5 Å². The highest BCUT2D eigenvalue weighted by molar-refractivity contribution is 7.21. The van der Waals surface area contributed by atoms with Crippen molar-refractivity contribution in [2.24, 2.45) is 0 Å². The van der Waals surface area contributed by atoms with Crippen LogP contribution in [0.1, 0.15) is 35.2 Å². The molecule has 1 aromatic heterocycles. The minimum Gasteiger partial charge on any atom is -0.376 e. The first-order valence-electron chi connectivity index (χ1n) is 13.3. The first kappa shape index (κ1) is 26.7. The molecule has 11 heteroatoms. The van der Waals surface area contributed by atoms with Crippen molar-refractivity contribution in [2.45, 2.75) is 38.3 Å². The Morgan fingerprint density at radius 3 is 2.56 bits per heavy atom. The fourth-order valence-corrected chi connectivity index (χ4v) is 6.36. The number of nitro groups is 1. The lowest BCUT2D eigenvalue weighted by Crippen LogP contribution is -2.48. The summed E-state index contributed by atoms with van der Waals surface area (Å²) in [6.07, 6.45) is 1.15. The number of nitrogens with zero attached hydrogens (tertiary/aromatic N) is 4. The predicted octanol–water partition coefficient (Wildman–Crippen LogP) is 5.13. The standard InChI is InChI=1S/C30H26N4O6S/c1-18-4-13-24-26(15-18)41-28(31-24)19-5-9-21(10-6-19)33-27(35)16-25(30(33)37)32(17-23-3-2-14-40-23)29(36)20-7-11-22(12-8-20)34(38)39/h4-13,15,23,25H,2-3,14,16-17H2,1H3. The Kier molecular flexibility index (Phi) is 7.06. The highest BCUT2D eigenvalue weighted by atomic mass is 32.1. The van der Waals surface area contributed by atoms with Gasteiger partial charge in [-0.15, -0.1) is 11.3 Å². The number of carbonyl (C=O) groups excluding carboxylic acids is 3. The quantitative estimate of drug-likeness (QED) is 0.171. The molecule has 0 saturated carbocycles. The van der Waals surface area contributed by atoms with E-state index in [1.165, 1.54) is 29.2 Å². The number of imide groups is 1. The van der Waals surface area contributed by atoms with E-state index in [1.807, 2.05) is 31.2 Å². The number of hydrogen-bond donors (Lipinski definition) is 0. The van der Waals surface area contributed by atoms with Crippen LogP contribution in [-0.2, 0) is 14.3 Å². The Morgan fingerprint density at radius 2 is 1.88 bits per heavy atom. The molecule has 4 aromatic rings. The smallest absolute Gasteiger partial charge is 0.269 e. The van der Waals surface area contributed by atoms with Crippen LogP contribution in [0.2, 0.25) is 0 Å². The Hall–Kier alpha value is -4.48. The maximum Gasteiger partial charge on any atom is 0.269 e. The van der Waals surface area contributed by atoms with E-state index >= 15 is 0 Å². The highest BCUT2D eigenvalue weighted by Crippen LogP contribution is 2.33. The number of aromatic nitrogens is 1. The molecule has 0 radical (unpaired) electrons. The number of thiazole rings is 1. The highest BCUT2D eigenvalue weighted by Gasteiger charge is 2.45. The molecular weight excluding hydrogens is 544 g/mol. The van der Waals surface area contributed by atoms with Gasteiger partial charge in [0.2, 0.25) is 5.91 Å². The van der Waals surface area contributed by atoms with E-state index in [4.69, 9.17) is 9.72 Å². The summed E-state index contributed by atoms with van der Waals surface area (Å²) in [5.41, 5.74) is 3.41. The number of carbonyl (C=O) groups is 3. The summed E-state index contributed by atoms with van der Waals surface area (Å²) in [5.74, 6) is -1.38. The second kappa shape index (κ2) is 10.8. The van der Waals surface area contributed by atoms with Gasteiger partial charge in [0.1, 0.15) is 11.0 Å². The van der Waals surface area contributed by atoms with Crippen LogP contribution in [0.3, 0.4) is 0 Å². The van der Waals surface area contributed by atoms with Crippen LogP contribution < -0.4 is 4.90 Å². The van der Waals surface area contributed by atoms with Crippen LogP contribution in [0.15, 0.2) is 66.7 Å². The number of ether oxygens (including phenoxy) is 1. The number of rotatable bonds is 7. The molecule has 3 aromatic carbocycles. The fourth-order valence-electron chi connectivity index (χ4n) is 5.29. The molecule has 2 unspecified atom stereocenters. The first-order valence-corrected chi connectivity index (χ1v) is 14.1. The van der Waals surface area contributed by atoms with Crippen molar-refractivity contribution in [3.05, 3.63) is 88.0 Å². The lowest BCUT2D eigenvalue weighted by Gasteiger charge is -2.30. The molecule has 41 heavy (non-hydrogen) atoms. The Morgan fingerprint density at radius 1 is 1.12 bits per heavy atom. The summed E-state index contributed by atoms with van der Waals surface area (Å²) in [6.45, 7) is 2.74. The van der Waals surface area contributed by atoms with Gasteiger partial charge in [-0.1, -0.05) is 6.07 Å². The molecule has 3 heterocycles. The van der Waals surface area contributed by atoms with Crippen molar-refractivity contribution in [1.29, 1.82) is 0 Å². The first-order chi connectivity index (χ1) is 19.8. The van der Waals surface area contributed by atoms with Crippen LogP contribution >= 0.6 is 11.3 Å². The molecule has 6 rings (SSSR count). The SMILES string of the molecule is Cc1ccc2nc(-c3ccc(N4C(=O)CC(N(CC5CCCO5)C(=O)c5ccc([N+](=O)[O-])cc5)C4=O)cc3)sc2c1. The molecule has 3 amide bonds. The average Bonchev–Trinajstić information content (AvgIpc) is 3.70. The zero-order valence-electron chi connectivity index (χ0n) is 22.2. The summed E-state index contributed by atoms with van der Waals surface area (Å²) in [7, 11) is 0. The molecule has 2 fully saturated rings. The van der Waals surface area contributed by atoms with Crippen molar-refractivity contribution in [1.82, 2.24) is 9.88 Å². The maximum atomic E-state index is 13.7. The van der Waals surface area contributed by atoms with Crippen molar-refractivity contribution in [3.63, 3.8) is 0 Å². The van der Waals surface area contributed by atoms with Crippen molar-refractivity contribution < 1.29 is 24.0 Å². The van der Waals surface area contributed by atoms with Gasteiger partial charge in [-0.05, 0) is 73.9 Å². The number of anilines is 1. The second-order valence-electron chi connectivity index (χ2n) is 10.2. The zero-order chi connectivity index (χ0) is 28.7. The number of benzene rings is 3. The minimum atomic E-state index is -1.01. The average molecular weight is 571 g/mol. The molecular formula is C30H26N4O6S. The van der Waals surface area contributed by atoms with Crippen LogP contribution in [0.5, 0.6) is 0 Å². The Bertz CT molecular complexity index is 1660. The molecule has 2 atom stereocenters. The third kappa shape index (κ3) is 5.21. The number of nitro benzene ring substituents is 1.